The predicted octanol–water partition coefficient (Wildman–Crippen LogP) is 1.63. The maximum absolute atomic E-state index is 11.2. The summed E-state index contributed by atoms with van der Waals surface area (Å²) in [5.74, 6) is -0.188. The smallest absolute Gasteiger partial charge is 0.217 e. The molecule has 2 unspecified atom stereocenters. The number of carbonyl (C=O) groups excluding carboxylic acids is 2. The molecule has 0 aliphatic heterocycles. The van der Waals surface area contributed by atoms with Crippen LogP contribution in [0.2, 0.25) is 0 Å². The van der Waals surface area contributed by atoms with Crippen LogP contribution in [0, 0.1) is 5.92 Å². The van der Waals surface area contributed by atoms with E-state index in [9.17, 15) is 9.59 Å². The summed E-state index contributed by atoms with van der Waals surface area (Å²) in [7, 11) is 0. The van der Waals surface area contributed by atoms with Crippen molar-refractivity contribution >= 4 is 12.2 Å². The second kappa shape index (κ2) is 4.47. The van der Waals surface area contributed by atoms with Crippen LogP contribution in [0.25, 0.3) is 0 Å². The zero-order valence-corrected chi connectivity index (χ0v) is 9.27. The Balaban J connectivity index is 2.36. The number of nitrogens with one attached hydrogen (secondary N) is 1. The number of carbonyl (C=O) groups is 2. The van der Waals surface area contributed by atoms with Crippen molar-refractivity contribution in [2.75, 3.05) is 0 Å². The van der Waals surface area contributed by atoms with Gasteiger partial charge in [0.2, 0.25) is 5.91 Å². The molecule has 0 spiro atoms. The van der Waals surface area contributed by atoms with Crippen LogP contribution in [0.15, 0.2) is 24.3 Å². The van der Waals surface area contributed by atoms with E-state index in [-0.39, 0.29) is 17.9 Å². The summed E-state index contributed by atoms with van der Waals surface area (Å²) in [5, 5.41) is 2.87. The minimum atomic E-state index is -0.153. The minimum absolute atomic E-state index is 0.0893. The topological polar surface area (TPSA) is 46.2 Å². The Morgan fingerprint density at radius 2 is 2.19 bits per heavy atom. The van der Waals surface area contributed by atoms with Gasteiger partial charge in [-0.25, -0.2) is 0 Å². The molecule has 84 valence electrons. The third-order valence-corrected chi connectivity index (χ3v) is 3.10. The molecule has 0 saturated heterocycles. The number of rotatable bonds is 2. The fourth-order valence-corrected chi connectivity index (χ4v) is 2.34. The number of hydrogen-bond donors (Lipinski definition) is 1. The first-order valence-electron chi connectivity index (χ1n) is 5.52. The average Bonchev–Trinajstić information content (AvgIpc) is 2.29. The van der Waals surface area contributed by atoms with Crippen molar-refractivity contribution in [3.63, 3.8) is 0 Å². The van der Waals surface area contributed by atoms with Crippen LogP contribution in [0.4, 0.5) is 0 Å². The predicted molar refractivity (Wildman–Crippen MR) is 60.9 cm³/mol. The van der Waals surface area contributed by atoms with Gasteiger partial charge >= 0.3 is 0 Å². The van der Waals surface area contributed by atoms with Crippen molar-refractivity contribution < 1.29 is 9.59 Å². The quantitative estimate of drug-likeness (QED) is 0.765. The van der Waals surface area contributed by atoms with Crippen molar-refractivity contribution in [3.05, 3.63) is 35.4 Å². The zero-order chi connectivity index (χ0) is 11.5. The number of aryl methyl sites for hydroxylation is 1. The molecule has 16 heavy (non-hydrogen) atoms. The molecular weight excluding hydrogens is 202 g/mol. The number of amides is 1. The Hall–Kier alpha value is -1.64. The van der Waals surface area contributed by atoms with Crippen LogP contribution in [-0.2, 0) is 16.0 Å². The third-order valence-electron chi connectivity index (χ3n) is 3.10. The van der Waals surface area contributed by atoms with Gasteiger partial charge in [0.1, 0.15) is 6.29 Å². The summed E-state index contributed by atoms with van der Waals surface area (Å²) in [6.45, 7) is 1.49. The van der Waals surface area contributed by atoms with Crippen LogP contribution in [0.3, 0.4) is 0 Å². The van der Waals surface area contributed by atoms with Crippen molar-refractivity contribution in [1.82, 2.24) is 5.32 Å². The lowest BCUT2D eigenvalue weighted by Gasteiger charge is -2.30. The van der Waals surface area contributed by atoms with E-state index < -0.39 is 0 Å². The van der Waals surface area contributed by atoms with E-state index in [4.69, 9.17) is 0 Å². The van der Waals surface area contributed by atoms with Gasteiger partial charge < -0.3 is 10.1 Å². The van der Waals surface area contributed by atoms with Gasteiger partial charge in [-0.15, -0.1) is 0 Å². The second-order valence-electron chi connectivity index (χ2n) is 4.22. The number of aldehydes is 1. The highest BCUT2D eigenvalue weighted by molar-refractivity contribution is 5.74. The molecule has 3 nitrogen and oxygen atoms in total. The number of fused-ring (bicyclic) bond motifs is 1. The van der Waals surface area contributed by atoms with Crippen LogP contribution < -0.4 is 5.32 Å². The van der Waals surface area contributed by atoms with Crippen LogP contribution in [0.1, 0.15) is 30.5 Å². The molecular formula is C13H15NO2. The molecule has 1 aromatic rings. The van der Waals surface area contributed by atoms with Gasteiger partial charge in [0.05, 0.1) is 6.04 Å². The highest BCUT2D eigenvalue weighted by Crippen LogP contribution is 2.33. The van der Waals surface area contributed by atoms with Gasteiger partial charge in [-0.2, -0.15) is 0 Å². The summed E-state index contributed by atoms with van der Waals surface area (Å²) in [5.41, 5.74) is 2.32. The largest absolute Gasteiger partial charge is 0.349 e. The van der Waals surface area contributed by atoms with E-state index in [0.29, 0.717) is 0 Å². The van der Waals surface area contributed by atoms with E-state index in [1.165, 1.54) is 12.5 Å². The average molecular weight is 217 g/mol. The van der Waals surface area contributed by atoms with Crippen molar-refractivity contribution in [2.24, 2.45) is 5.92 Å². The first-order chi connectivity index (χ1) is 7.72. The van der Waals surface area contributed by atoms with Gasteiger partial charge in [-0.05, 0) is 24.0 Å². The fourth-order valence-electron chi connectivity index (χ4n) is 2.34. The second-order valence-corrected chi connectivity index (χ2v) is 4.22. The summed E-state index contributed by atoms with van der Waals surface area (Å²) in [4.78, 5) is 22.2. The normalized spacial score (nSPS) is 23.3. The molecule has 3 heteroatoms. The summed E-state index contributed by atoms with van der Waals surface area (Å²) < 4.78 is 0. The molecule has 2 rings (SSSR count). The van der Waals surface area contributed by atoms with E-state index in [1.54, 1.807) is 0 Å². The maximum atomic E-state index is 11.2. The van der Waals surface area contributed by atoms with Gasteiger partial charge in [-0.3, -0.25) is 4.79 Å². The van der Waals surface area contributed by atoms with Gasteiger partial charge in [0, 0.05) is 12.8 Å². The fraction of sp³-hybridized carbons (Fsp3) is 0.385. The van der Waals surface area contributed by atoms with Crippen LogP contribution in [-0.4, -0.2) is 12.2 Å². The lowest BCUT2D eigenvalue weighted by atomic mass is 9.80. The molecule has 0 radical (unpaired) electrons. The monoisotopic (exact) mass is 217 g/mol. The summed E-state index contributed by atoms with van der Waals surface area (Å²) in [6.07, 6.45) is 2.68. The Bertz CT molecular complexity index is 414. The minimum Gasteiger partial charge on any atom is -0.349 e. The van der Waals surface area contributed by atoms with E-state index in [1.807, 2.05) is 18.2 Å². The lowest BCUT2D eigenvalue weighted by molar-refractivity contribution is -0.120. The van der Waals surface area contributed by atoms with E-state index in [0.717, 1.165) is 24.7 Å². The highest BCUT2D eigenvalue weighted by atomic mass is 16.1. The van der Waals surface area contributed by atoms with Crippen molar-refractivity contribution in [3.8, 4) is 0 Å². The molecule has 1 aromatic carbocycles. The Morgan fingerprint density at radius 3 is 2.88 bits per heavy atom. The molecule has 0 saturated carbocycles. The Morgan fingerprint density at radius 1 is 1.44 bits per heavy atom. The van der Waals surface area contributed by atoms with Gasteiger partial charge in [0.25, 0.3) is 0 Å². The molecule has 1 aliphatic carbocycles. The molecule has 1 amide bonds. The molecule has 2 atom stereocenters. The molecule has 1 N–H and O–H groups in total. The Kier molecular flexibility index (Phi) is 3.04. The van der Waals surface area contributed by atoms with Crippen LogP contribution >= 0.6 is 0 Å². The van der Waals surface area contributed by atoms with E-state index >= 15 is 0 Å². The van der Waals surface area contributed by atoms with Crippen LogP contribution in [0.5, 0.6) is 0 Å². The van der Waals surface area contributed by atoms with Gasteiger partial charge in [0.15, 0.2) is 0 Å². The van der Waals surface area contributed by atoms with E-state index in [2.05, 4.69) is 11.4 Å². The number of hydrogen-bond acceptors (Lipinski definition) is 2. The number of benzene rings is 1. The molecule has 0 aromatic heterocycles. The highest BCUT2D eigenvalue weighted by Gasteiger charge is 2.29. The zero-order valence-electron chi connectivity index (χ0n) is 9.27. The first-order valence-corrected chi connectivity index (χ1v) is 5.52. The van der Waals surface area contributed by atoms with Gasteiger partial charge in [-0.1, -0.05) is 24.3 Å². The van der Waals surface area contributed by atoms with Crippen molar-refractivity contribution in [1.29, 1.82) is 0 Å². The SMILES string of the molecule is CC(=O)NC1c2ccccc2CCC1C=O. The molecule has 0 heterocycles. The summed E-state index contributed by atoms with van der Waals surface area (Å²) >= 11 is 0. The lowest BCUT2D eigenvalue weighted by Crippen LogP contribution is -2.35. The molecule has 1 aliphatic rings. The maximum Gasteiger partial charge on any atom is 0.217 e. The molecule has 0 fully saturated rings. The molecule has 0 bridgehead atoms. The first kappa shape index (κ1) is 10.9. The van der Waals surface area contributed by atoms with Crippen molar-refractivity contribution in [2.45, 2.75) is 25.8 Å². The standard InChI is InChI=1S/C13H15NO2/c1-9(16)14-13-11(8-15)7-6-10-4-2-3-5-12(10)13/h2-5,8,11,13H,6-7H2,1H3,(H,14,16). The Labute approximate surface area is 94.9 Å². The summed E-state index contributed by atoms with van der Waals surface area (Å²) in [6, 6.07) is 7.84. The third kappa shape index (κ3) is 1.98.